The molecule has 1 amide bonds. The van der Waals surface area contributed by atoms with Crippen LogP contribution in [0, 0.1) is 12.3 Å². The van der Waals surface area contributed by atoms with Crippen molar-refractivity contribution in [1.29, 1.82) is 0 Å². The van der Waals surface area contributed by atoms with E-state index in [0.29, 0.717) is 11.6 Å². The molecule has 0 aromatic carbocycles. The number of carbonyl (C=O) groups is 1. The van der Waals surface area contributed by atoms with E-state index in [1.54, 1.807) is 18.2 Å². The third-order valence-electron chi connectivity index (χ3n) is 3.02. The molecule has 1 aliphatic carbocycles. The van der Waals surface area contributed by atoms with Gasteiger partial charge in [0.05, 0.1) is 6.26 Å². The van der Waals surface area contributed by atoms with Crippen molar-refractivity contribution in [2.24, 2.45) is 0 Å². The lowest BCUT2D eigenvalue weighted by Gasteiger charge is -2.22. The molecule has 0 aliphatic heterocycles. The van der Waals surface area contributed by atoms with Crippen molar-refractivity contribution >= 4 is 5.91 Å². The van der Waals surface area contributed by atoms with Gasteiger partial charge in [-0.05, 0) is 25.0 Å². The number of terminal acetylenes is 1. The zero-order chi connectivity index (χ0) is 13.9. The maximum Gasteiger partial charge on any atom is 0.258 e. The van der Waals surface area contributed by atoms with Gasteiger partial charge in [0.25, 0.3) is 5.91 Å². The zero-order valence-electron chi connectivity index (χ0n) is 11.2. The van der Waals surface area contributed by atoms with Crippen molar-refractivity contribution in [2.75, 3.05) is 6.61 Å². The lowest BCUT2D eigenvalue weighted by molar-refractivity contribution is -0.124. The van der Waals surface area contributed by atoms with Crippen molar-refractivity contribution < 1.29 is 9.53 Å². The van der Waals surface area contributed by atoms with Gasteiger partial charge in [0.15, 0.2) is 6.61 Å². The van der Waals surface area contributed by atoms with E-state index in [-0.39, 0.29) is 12.5 Å². The van der Waals surface area contributed by atoms with E-state index >= 15 is 0 Å². The molecule has 1 N–H and O–H groups in total. The Morgan fingerprint density at radius 3 is 2.79 bits per heavy atom. The molecular weight excluding hydrogens is 238 g/mol. The number of carbonyl (C=O) groups excluding carboxylic acids is 1. The van der Waals surface area contributed by atoms with Crippen molar-refractivity contribution in [3.8, 4) is 12.3 Å². The summed E-state index contributed by atoms with van der Waals surface area (Å²) in [5, 5.41) is 2.98. The fraction of sp³-hybridized carbons (Fsp3) is 0.438. The minimum absolute atomic E-state index is 0.0420. The Kier molecular flexibility index (Phi) is 7.19. The second kappa shape index (κ2) is 9.04. The molecule has 1 saturated carbocycles. The van der Waals surface area contributed by atoms with Gasteiger partial charge in [0, 0.05) is 11.6 Å². The molecule has 3 heteroatoms. The van der Waals surface area contributed by atoms with Crippen LogP contribution >= 0.6 is 0 Å². The lowest BCUT2D eigenvalue weighted by atomic mass is 9.95. The first-order valence-electron chi connectivity index (χ1n) is 6.63. The van der Waals surface area contributed by atoms with E-state index in [1.165, 1.54) is 25.5 Å². The quantitative estimate of drug-likeness (QED) is 0.452. The summed E-state index contributed by atoms with van der Waals surface area (Å²) in [7, 11) is 0. The van der Waals surface area contributed by atoms with Gasteiger partial charge in [-0.15, -0.1) is 6.42 Å². The van der Waals surface area contributed by atoms with Crippen LogP contribution in [-0.4, -0.2) is 18.6 Å². The Hall–Kier alpha value is -1.95. The molecule has 0 aromatic heterocycles. The smallest absolute Gasteiger partial charge is 0.258 e. The normalized spacial score (nSPS) is 16.9. The fourth-order valence-corrected chi connectivity index (χ4v) is 2.01. The van der Waals surface area contributed by atoms with Crippen LogP contribution in [0.15, 0.2) is 36.6 Å². The maximum atomic E-state index is 11.6. The van der Waals surface area contributed by atoms with E-state index in [2.05, 4.69) is 17.8 Å². The number of ether oxygens (including phenoxy) is 1. The number of hydrogen-bond acceptors (Lipinski definition) is 2. The molecule has 0 atom stereocenters. The standard InChI is InChI=1S/C16H21NO2/c1-3-14(4-2)9-8-12-19-13-16(18)17-15-10-6-5-7-11-15/h1,4,8-9,12,15H,2,5-7,10-11,13H2,(H,17,18)/b12-8+,14-9-. The SMILES string of the molecule is C#C/C(C=C)=C/C=C/OCC(=O)NC1CCCCC1. The minimum Gasteiger partial charge on any atom is -0.491 e. The molecule has 0 heterocycles. The highest BCUT2D eigenvalue weighted by atomic mass is 16.5. The van der Waals surface area contributed by atoms with Gasteiger partial charge in [-0.3, -0.25) is 4.79 Å². The molecule has 0 bridgehead atoms. The molecule has 1 rings (SSSR count). The molecule has 1 fully saturated rings. The van der Waals surface area contributed by atoms with Gasteiger partial charge in [0.1, 0.15) is 0 Å². The molecule has 0 saturated heterocycles. The van der Waals surface area contributed by atoms with Crippen LogP contribution < -0.4 is 5.32 Å². The summed E-state index contributed by atoms with van der Waals surface area (Å²) in [5.74, 6) is 2.39. The molecule has 0 unspecified atom stereocenters. The van der Waals surface area contributed by atoms with Crippen molar-refractivity contribution in [3.63, 3.8) is 0 Å². The molecule has 102 valence electrons. The van der Waals surface area contributed by atoms with Gasteiger partial charge in [-0.1, -0.05) is 37.8 Å². The first-order chi connectivity index (χ1) is 9.26. The molecule has 0 spiro atoms. The number of nitrogens with one attached hydrogen (secondary N) is 1. The molecule has 1 aliphatic rings. The second-order valence-electron chi connectivity index (χ2n) is 4.51. The first-order valence-corrected chi connectivity index (χ1v) is 6.63. The van der Waals surface area contributed by atoms with Gasteiger partial charge < -0.3 is 10.1 Å². The number of rotatable bonds is 6. The van der Waals surface area contributed by atoms with Crippen molar-refractivity contribution in [2.45, 2.75) is 38.1 Å². The zero-order valence-corrected chi connectivity index (χ0v) is 11.2. The predicted molar refractivity (Wildman–Crippen MR) is 77.2 cm³/mol. The Labute approximate surface area is 115 Å². The third kappa shape index (κ3) is 6.52. The highest BCUT2D eigenvalue weighted by molar-refractivity contribution is 5.77. The predicted octanol–water partition coefficient (Wildman–Crippen LogP) is 2.71. The van der Waals surface area contributed by atoms with E-state index in [9.17, 15) is 4.79 Å². The van der Waals surface area contributed by atoms with Crippen LogP contribution in [0.1, 0.15) is 32.1 Å². The summed E-state index contributed by atoms with van der Waals surface area (Å²) in [6.07, 6.45) is 17.5. The minimum atomic E-state index is -0.0681. The summed E-state index contributed by atoms with van der Waals surface area (Å²) in [5.41, 5.74) is 0.673. The highest BCUT2D eigenvalue weighted by Crippen LogP contribution is 2.17. The highest BCUT2D eigenvalue weighted by Gasteiger charge is 2.15. The maximum absolute atomic E-state index is 11.6. The van der Waals surface area contributed by atoms with Crippen LogP contribution in [-0.2, 0) is 9.53 Å². The van der Waals surface area contributed by atoms with E-state index in [1.807, 2.05) is 0 Å². The number of allylic oxidation sites excluding steroid dienone is 4. The molecule has 0 aromatic rings. The van der Waals surface area contributed by atoms with E-state index in [0.717, 1.165) is 12.8 Å². The average molecular weight is 259 g/mol. The second-order valence-corrected chi connectivity index (χ2v) is 4.51. The van der Waals surface area contributed by atoms with Crippen molar-refractivity contribution in [1.82, 2.24) is 5.32 Å². The van der Waals surface area contributed by atoms with E-state index in [4.69, 9.17) is 11.2 Å². The average Bonchev–Trinajstić information content (AvgIpc) is 2.44. The summed E-state index contributed by atoms with van der Waals surface area (Å²) in [4.78, 5) is 11.6. The Balaban J connectivity index is 2.19. The fourth-order valence-electron chi connectivity index (χ4n) is 2.01. The summed E-state index contributed by atoms with van der Waals surface area (Å²) in [6, 6.07) is 0.322. The van der Waals surface area contributed by atoms with Crippen LogP contribution in [0.25, 0.3) is 0 Å². The van der Waals surface area contributed by atoms with Gasteiger partial charge in [-0.25, -0.2) is 0 Å². The Bertz CT molecular complexity index is 395. The largest absolute Gasteiger partial charge is 0.491 e. The van der Waals surface area contributed by atoms with Crippen LogP contribution in [0.5, 0.6) is 0 Å². The molecular formula is C16H21NO2. The van der Waals surface area contributed by atoms with Crippen LogP contribution in [0.3, 0.4) is 0 Å². The molecule has 19 heavy (non-hydrogen) atoms. The van der Waals surface area contributed by atoms with Gasteiger partial charge in [-0.2, -0.15) is 0 Å². The third-order valence-corrected chi connectivity index (χ3v) is 3.02. The summed E-state index contributed by atoms with van der Waals surface area (Å²) in [6.45, 7) is 3.62. The lowest BCUT2D eigenvalue weighted by Crippen LogP contribution is -2.38. The van der Waals surface area contributed by atoms with Crippen LogP contribution in [0.4, 0.5) is 0 Å². The first kappa shape index (κ1) is 15.1. The van der Waals surface area contributed by atoms with E-state index < -0.39 is 0 Å². The van der Waals surface area contributed by atoms with Crippen molar-refractivity contribution in [3.05, 3.63) is 36.6 Å². The van der Waals surface area contributed by atoms with Gasteiger partial charge in [0.2, 0.25) is 0 Å². The summed E-state index contributed by atoms with van der Waals surface area (Å²) >= 11 is 0. The monoisotopic (exact) mass is 259 g/mol. The molecule has 0 radical (unpaired) electrons. The topological polar surface area (TPSA) is 38.3 Å². The van der Waals surface area contributed by atoms with Gasteiger partial charge >= 0.3 is 0 Å². The number of hydrogen-bond donors (Lipinski definition) is 1. The Morgan fingerprint density at radius 1 is 1.42 bits per heavy atom. The number of amides is 1. The molecule has 3 nitrogen and oxygen atoms in total. The summed E-state index contributed by atoms with van der Waals surface area (Å²) < 4.78 is 5.14. The Morgan fingerprint density at radius 2 is 2.16 bits per heavy atom. The van der Waals surface area contributed by atoms with Crippen LogP contribution in [0.2, 0.25) is 0 Å².